The molecule has 0 radical (unpaired) electrons. The number of amides is 2. The monoisotopic (exact) mass is 372 g/mol. The number of carbonyl (C=O) groups is 2. The molecule has 0 atom stereocenters. The summed E-state index contributed by atoms with van der Waals surface area (Å²) in [5.74, 6) is 0.0442. The fourth-order valence-corrected chi connectivity index (χ4v) is 3.47. The molecule has 1 heterocycles. The zero-order valence-corrected chi connectivity index (χ0v) is 16.5. The van der Waals surface area contributed by atoms with Crippen molar-refractivity contribution in [3.63, 3.8) is 0 Å². The first-order valence-electron chi connectivity index (χ1n) is 9.25. The molecule has 0 N–H and O–H groups in total. The van der Waals surface area contributed by atoms with Crippen LogP contribution in [0.15, 0.2) is 47.8 Å². The number of hydrogen-bond acceptors (Lipinski definition) is 3. The van der Waals surface area contributed by atoms with Gasteiger partial charge in [0.25, 0.3) is 0 Å². The lowest BCUT2D eigenvalue weighted by atomic mass is 10.2. The van der Waals surface area contributed by atoms with Gasteiger partial charge < -0.3 is 9.80 Å². The molecule has 4 nitrogen and oxygen atoms in total. The molecule has 1 aromatic heterocycles. The van der Waals surface area contributed by atoms with E-state index in [1.54, 1.807) is 16.2 Å². The second-order valence-electron chi connectivity index (χ2n) is 6.34. The number of benzene rings is 1. The Morgan fingerprint density at radius 1 is 0.923 bits per heavy atom. The summed E-state index contributed by atoms with van der Waals surface area (Å²) in [6.45, 7) is 5.87. The molecule has 2 aromatic rings. The van der Waals surface area contributed by atoms with Crippen LogP contribution < -0.4 is 0 Å². The van der Waals surface area contributed by atoms with Crippen molar-refractivity contribution in [2.75, 3.05) is 13.1 Å². The molecule has 2 rings (SSSR count). The van der Waals surface area contributed by atoms with Crippen LogP contribution in [0.3, 0.4) is 0 Å². The highest BCUT2D eigenvalue weighted by molar-refractivity contribution is 7.09. The maximum atomic E-state index is 13.0. The minimum Gasteiger partial charge on any atom is -0.333 e. The Balaban J connectivity index is 2.11. The zero-order chi connectivity index (χ0) is 18.8. The van der Waals surface area contributed by atoms with Crippen molar-refractivity contribution in [2.24, 2.45) is 0 Å². The first kappa shape index (κ1) is 20.2. The highest BCUT2D eigenvalue weighted by Crippen LogP contribution is 2.15. The third kappa shape index (κ3) is 6.30. The van der Waals surface area contributed by atoms with Gasteiger partial charge in [0, 0.05) is 24.4 Å². The van der Waals surface area contributed by atoms with Crippen molar-refractivity contribution in [1.29, 1.82) is 0 Å². The molecule has 0 bridgehead atoms. The van der Waals surface area contributed by atoms with Crippen molar-refractivity contribution in [3.05, 3.63) is 58.3 Å². The van der Waals surface area contributed by atoms with Crippen LogP contribution in [0, 0.1) is 0 Å². The molecule has 0 unspecified atom stereocenters. The largest absolute Gasteiger partial charge is 0.333 e. The van der Waals surface area contributed by atoms with Gasteiger partial charge in [-0.25, -0.2) is 0 Å². The fourth-order valence-electron chi connectivity index (χ4n) is 2.75. The predicted octanol–water partition coefficient (Wildman–Crippen LogP) is 4.32. The van der Waals surface area contributed by atoms with Gasteiger partial charge in [-0.2, -0.15) is 0 Å². The number of nitrogens with zero attached hydrogens (tertiary/aromatic N) is 2. The number of thiophene rings is 1. The smallest absolute Gasteiger partial charge is 0.242 e. The molecule has 1 aromatic carbocycles. The quantitative estimate of drug-likeness (QED) is 0.623. The van der Waals surface area contributed by atoms with Crippen LogP contribution in [-0.4, -0.2) is 34.7 Å². The summed E-state index contributed by atoms with van der Waals surface area (Å²) in [7, 11) is 0. The molecule has 0 aliphatic heterocycles. The summed E-state index contributed by atoms with van der Waals surface area (Å²) in [4.78, 5) is 29.9. The molecule has 26 heavy (non-hydrogen) atoms. The van der Waals surface area contributed by atoms with Crippen LogP contribution in [0.2, 0.25) is 0 Å². The van der Waals surface area contributed by atoms with Gasteiger partial charge in [0.15, 0.2) is 0 Å². The first-order chi connectivity index (χ1) is 12.6. The summed E-state index contributed by atoms with van der Waals surface area (Å²) in [6, 6.07) is 14.0. The molecule has 2 amide bonds. The molecule has 0 spiro atoms. The molecule has 0 saturated carbocycles. The van der Waals surface area contributed by atoms with Crippen molar-refractivity contribution in [3.8, 4) is 0 Å². The minimum atomic E-state index is 0.000145. The van der Waals surface area contributed by atoms with Crippen molar-refractivity contribution < 1.29 is 9.59 Å². The Morgan fingerprint density at radius 2 is 1.69 bits per heavy atom. The lowest BCUT2D eigenvalue weighted by Gasteiger charge is -2.27. The molecular weight excluding hydrogens is 344 g/mol. The average Bonchev–Trinajstić information content (AvgIpc) is 3.17. The van der Waals surface area contributed by atoms with Crippen LogP contribution in [0.4, 0.5) is 0 Å². The summed E-state index contributed by atoms with van der Waals surface area (Å²) in [6.07, 6.45) is 2.36. The summed E-state index contributed by atoms with van der Waals surface area (Å²) in [5.41, 5.74) is 1.10. The Kier molecular flexibility index (Phi) is 8.35. The van der Waals surface area contributed by atoms with Crippen LogP contribution in [0.5, 0.6) is 0 Å². The Morgan fingerprint density at radius 3 is 2.31 bits per heavy atom. The molecule has 0 fully saturated rings. The van der Waals surface area contributed by atoms with Crippen LogP contribution in [0.25, 0.3) is 0 Å². The highest BCUT2D eigenvalue weighted by atomic mass is 32.1. The third-order valence-electron chi connectivity index (χ3n) is 4.26. The van der Waals surface area contributed by atoms with E-state index >= 15 is 0 Å². The van der Waals surface area contributed by atoms with Crippen LogP contribution in [-0.2, 0) is 22.7 Å². The molecule has 0 aliphatic rings. The third-order valence-corrected chi connectivity index (χ3v) is 5.12. The van der Waals surface area contributed by atoms with Gasteiger partial charge in [0.05, 0.1) is 13.1 Å². The van der Waals surface area contributed by atoms with Gasteiger partial charge >= 0.3 is 0 Å². The SMILES string of the molecule is CCCCN(CC(=O)N(Cc1ccccc1)Cc1cccs1)C(=O)CC. The van der Waals surface area contributed by atoms with E-state index in [0.29, 0.717) is 26.1 Å². The maximum absolute atomic E-state index is 13.0. The lowest BCUT2D eigenvalue weighted by Crippen LogP contribution is -2.42. The van der Waals surface area contributed by atoms with E-state index < -0.39 is 0 Å². The van der Waals surface area contributed by atoms with Crippen molar-refractivity contribution >= 4 is 23.2 Å². The van der Waals surface area contributed by atoms with E-state index in [1.807, 2.05) is 59.7 Å². The van der Waals surface area contributed by atoms with Gasteiger partial charge in [-0.3, -0.25) is 9.59 Å². The molecule has 0 aliphatic carbocycles. The highest BCUT2D eigenvalue weighted by Gasteiger charge is 2.21. The number of rotatable bonds is 10. The zero-order valence-electron chi connectivity index (χ0n) is 15.7. The van der Waals surface area contributed by atoms with Gasteiger partial charge in [-0.1, -0.05) is 56.7 Å². The normalized spacial score (nSPS) is 10.5. The minimum absolute atomic E-state index is 0.000145. The molecule has 140 valence electrons. The first-order valence-corrected chi connectivity index (χ1v) is 10.1. The van der Waals surface area contributed by atoms with Gasteiger partial charge in [-0.05, 0) is 23.4 Å². The average molecular weight is 373 g/mol. The van der Waals surface area contributed by atoms with E-state index in [1.165, 1.54) is 0 Å². The number of carbonyl (C=O) groups excluding carboxylic acids is 2. The predicted molar refractivity (Wildman–Crippen MR) is 107 cm³/mol. The summed E-state index contributed by atoms with van der Waals surface area (Å²) >= 11 is 1.65. The van der Waals surface area contributed by atoms with Crippen LogP contribution >= 0.6 is 11.3 Å². The Hall–Kier alpha value is -2.14. The Bertz CT molecular complexity index is 671. The number of unbranched alkanes of at least 4 members (excludes halogenated alkanes) is 1. The standard InChI is InChI=1S/C21H28N2O2S/c1-3-5-13-22(20(24)4-2)17-21(25)23(16-19-12-9-14-26-19)15-18-10-7-6-8-11-18/h6-12,14H,3-5,13,15-17H2,1-2H3. The van der Waals surface area contributed by atoms with E-state index in [4.69, 9.17) is 0 Å². The second kappa shape index (κ2) is 10.8. The molecular formula is C21H28N2O2S. The van der Waals surface area contributed by atoms with E-state index in [2.05, 4.69) is 6.92 Å². The number of hydrogen-bond donors (Lipinski definition) is 0. The van der Waals surface area contributed by atoms with E-state index in [-0.39, 0.29) is 18.4 Å². The van der Waals surface area contributed by atoms with E-state index in [9.17, 15) is 9.59 Å². The maximum Gasteiger partial charge on any atom is 0.242 e. The molecule has 5 heteroatoms. The van der Waals surface area contributed by atoms with Crippen molar-refractivity contribution in [1.82, 2.24) is 9.80 Å². The Labute approximate surface area is 160 Å². The van der Waals surface area contributed by atoms with Crippen LogP contribution in [0.1, 0.15) is 43.6 Å². The summed E-state index contributed by atoms with van der Waals surface area (Å²) < 4.78 is 0. The van der Waals surface area contributed by atoms with Gasteiger partial charge in [-0.15, -0.1) is 11.3 Å². The van der Waals surface area contributed by atoms with Crippen molar-refractivity contribution in [2.45, 2.75) is 46.2 Å². The lowest BCUT2D eigenvalue weighted by molar-refractivity contribution is -0.141. The van der Waals surface area contributed by atoms with E-state index in [0.717, 1.165) is 23.3 Å². The second-order valence-corrected chi connectivity index (χ2v) is 7.37. The summed E-state index contributed by atoms with van der Waals surface area (Å²) in [5, 5.41) is 2.02. The van der Waals surface area contributed by atoms with Gasteiger partial charge in [0.2, 0.25) is 11.8 Å². The fraction of sp³-hybridized carbons (Fsp3) is 0.429. The van der Waals surface area contributed by atoms with Gasteiger partial charge in [0.1, 0.15) is 0 Å². The molecule has 0 saturated heterocycles. The topological polar surface area (TPSA) is 40.6 Å².